The van der Waals surface area contributed by atoms with Gasteiger partial charge >= 0.3 is 5.97 Å². The molecule has 0 heterocycles. The Bertz CT molecular complexity index is 478. The van der Waals surface area contributed by atoms with Crippen LogP contribution in [0, 0.1) is 5.82 Å². The molecule has 0 spiro atoms. The second-order valence-corrected chi connectivity index (χ2v) is 4.95. The minimum absolute atomic E-state index is 0.155. The maximum Gasteiger partial charge on any atom is 0.340 e. The molecule has 112 valence electrons. The number of carboxylic acids is 1. The van der Waals surface area contributed by atoms with Gasteiger partial charge in [-0.15, -0.1) is 0 Å². The van der Waals surface area contributed by atoms with Gasteiger partial charge in [0.2, 0.25) is 0 Å². The quantitative estimate of drug-likeness (QED) is 0.748. The van der Waals surface area contributed by atoms with Crippen molar-refractivity contribution in [1.29, 1.82) is 0 Å². The lowest BCUT2D eigenvalue weighted by Gasteiger charge is -2.27. The Kier molecular flexibility index (Phi) is 5.76. The van der Waals surface area contributed by atoms with E-state index in [1.54, 1.807) is 0 Å². The van der Waals surface area contributed by atoms with E-state index in [-0.39, 0.29) is 11.3 Å². The molecular weight excluding hydrogens is 261 g/mol. The topological polar surface area (TPSA) is 69.8 Å². The van der Waals surface area contributed by atoms with Crippen molar-refractivity contribution in [2.75, 3.05) is 44.4 Å². The van der Waals surface area contributed by atoms with Crippen molar-refractivity contribution in [3.05, 3.63) is 23.5 Å². The molecule has 0 aliphatic heterocycles. The van der Waals surface area contributed by atoms with Gasteiger partial charge in [-0.1, -0.05) is 6.92 Å². The van der Waals surface area contributed by atoms with Crippen LogP contribution in [0.2, 0.25) is 0 Å². The first-order valence-electron chi connectivity index (χ1n) is 6.59. The van der Waals surface area contributed by atoms with Gasteiger partial charge < -0.3 is 20.6 Å². The zero-order valence-corrected chi connectivity index (χ0v) is 12.2. The number of halogens is 1. The second kappa shape index (κ2) is 7.09. The highest BCUT2D eigenvalue weighted by Gasteiger charge is 2.21. The molecule has 0 atom stereocenters. The Morgan fingerprint density at radius 2 is 1.95 bits per heavy atom. The summed E-state index contributed by atoms with van der Waals surface area (Å²) in [5.74, 6) is -1.90. The Morgan fingerprint density at radius 3 is 2.45 bits per heavy atom. The second-order valence-electron chi connectivity index (χ2n) is 4.95. The summed E-state index contributed by atoms with van der Waals surface area (Å²) in [5.41, 5.74) is 5.59. The number of likely N-dealkylation sites (N-methyl/N-ethyl adjacent to an activating group) is 1. The number of hydrogen-bond acceptors (Lipinski definition) is 4. The standard InChI is InChI=1S/C14H22FN3O2/c1-4-7-18(9-8-17(2)3)11-6-5-10(15)13(16)12(11)14(19)20/h5-6H,4,7-9,16H2,1-3H3,(H,19,20). The van der Waals surface area contributed by atoms with Crippen molar-refractivity contribution in [2.24, 2.45) is 0 Å². The van der Waals surface area contributed by atoms with E-state index in [1.807, 2.05) is 30.8 Å². The SMILES string of the molecule is CCCN(CCN(C)C)c1ccc(F)c(N)c1C(=O)O. The van der Waals surface area contributed by atoms with E-state index < -0.39 is 11.8 Å². The zero-order chi connectivity index (χ0) is 15.3. The molecule has 0 saturated carbocycles. The molecule has 0 radical (unpaired) electrons. The molecule has 20 heavy (non-hydrogen) atoms. The van der Waals surface area contributed by atoms with Crippen LogP contribution in [-0.4, -0.2) is 49.7 Å². The Morgan fingerprint density at radius 1 is 1.30 bits per heavy atom. The van der Waals surface area contributed by atoms with E-state index in [0.717, 1.165) is 13.0 Å². The maximum absolute atomic E-state index is 13.5. The highest BCUT2D eigenvalue weighted by Crippen LogP contribution is 2.28. The highest BCUT2D eigenvalue weighted by atomic mass is 19.1. The van der Waals surface area contributed by atoms with Crippen molar-refractivity contribution in [3.63, 3.8) is 0 Å². The first-order chi connectivity index (χ1) is 9.38. The summed E-state index contributed by atoms with van der Waals surface area (Å²) in [4.78, 5) is 15.3. The van der Waals surface area contributed by atoms with Crippen LogP contribution in [0.1, 0.15) is 23.7 Å². The predicted molar refractivity (Wildman–Crippen MR) is 78.8 cm³/mol. The minimum atomic E-state index is -1.21. The van der Waals surface area contributed by atoms with Crippen LogP contribution >= 0.6 is 0 Å². The van der Waals surface area contributed by atoms with Gasteiger partial charge in [0.25, 0.3) is 0 Å². The third-order valence-corrected chi connectivity index (χ3v) is 3.04. The Hall–Kier alpha value is -1.82. The van der Waals surface area contributed by atoms with Crippen molar-refractivity contribution in [1.82, 2.24) is 4.90 Å². The molecule has 5 nitrogen and oxygen atoms in total. The van der Waals surface area contributed by atoms with Crippen LogP contribution in [0.15, 0.2) is 12.1 Å². The summed E-state index contributed by atoms with van der Waals surface area (Å²) in [7, 11) is 3.89. The van der Waals surface area contributed by atoms with Gasteiger partial charge in [-0.05, 0) is 32.6 Å². The van der Waals surface area contributed by atoms with Gasteiger partial charge in [0.1, 0.15) is 11.4 Å². The summed E-state index contributed by atoms with van der Waals surface area (Å²) in [6.07, 6.45) is 0.865. The van der Waals surface area contributed by atoms with Crippen LogP contribution < -0.4 is 10.6 Å². The molecular formula is C14H22FN3O2. The largest absolute Gasteiger partial charge is 0.478 e. The molecule has 0 fully saturated rings. The lowest BCUT2D eigenvalue weighted by Crippen LogP contribution is -2.33. The van der Waals surface area contributed by atoms with Gasteiger partial charge in [0.05, 0.1) is 11.4 Å². The molecule has 0 aliphatic rings. The number of benzene rings is 1. The lowest BCUT2D eigenvalue weighted by molar-refractivity contribution is 0.0698. The highest BCUT2D eigenvalue weighted by molar-refractivity contribution is 6.00. The van der Waals surface area contributed by atoms with Crippen LogP contribution in [0.3, 0.4) is 0 Å². The Balaban J connectivity index is 3.18. The van der Waals surface area contributed by atoms with Crippen molar-refractivity contribution in [2.45, 2.75) is 13.3 Å². The van der Waals surface area contributed by atoms with Gasteiger partial charge in [-0.3, -0.25) is 0 Å². The number of nitrogens with zero attached hydrogens (tertiary/aromatic N) is 2. The average Bonchev–Trinajstić information content (AvgIpc) is 2.37. The van der Waals surface area contributed by atoms with E-state index in [1.165, 1.54) is 12.1 Å². The number of nitrogens with two attached hydrogens (primary N) is 1. The number of carbonyl (C=O) groups is 1. The van der Waals surface area contributed by atoms with Crippen LogP contribution in [0.5, 0.6) is 0 Å². The van der Waals surface area contributed by atoms with Crippen LogP contribution in [0.4, 0.5) is 15.8 Å². The molecule has 0 aliphatic carbocycles. The summed E-state index contributed by atoms with van der Waals surface area (Å²) in [6.45, 7) is 4.14. The first-order valence-corrected chi connectivity index (χ1v) is 6.59. The molecule has 6 heteroatoms. The molecule has 3 N–H and O–H groups in total. The summed E-state index contributed by atoms with van der Waals surface area (Å²) in [5, 5.41) is 9.28. The molecule has 0 unspecified atom stereocenters. The van der Waals surface area contributed by atoms with Gasteiger partial charge in [0.15, 0.2) is 0 Å². The summed E-state index contributed by atoms with van der Waals surface area (Å²) < 4.78 is 13.5. The number of anilines is 2. The fourth-order valence-corrected chi connectivity index (χ4v) is 2.01. The fourth-order valence-electron chi connectivity index (χ4n) is 2.01. The molecule has 0 saturated heterocycles. The lowest BCUT2D eigenvalue weighted by atomic mass is 10.1. The monoisotopic (exact) mass is 283 g/mol. The van der Waals surface area contributed by atoms with Crippen LogP contribution in [0.25, 0.3) is 0 Å². The molecule has 0 amide bonds. The van der Waals surface area contributed by atoms with E-state index >= 15 is 0 Å². The molecule has 1 rings (SSSR count). The van der Waals surface area contributed by atoms with Gasteiger partial charge in [-0.2, -0.15) is 0 Å². The average molecular weight is 283 g/mol. The van der Waals surface area contributed by atoms with Gasteiger partial charge in [0, 0.05) is 19.6 Å². The molecule has 1 aromatic carbocycles. The summed E-state index contributed by atoms with van der Waals surface area (Å²) >= 11 is 0. The Labute approximate surface area is 118 Å². The predicted octanol–water partition coefficient (Wildman–Crippen LogP) is 1.88. The fraction of sp³-hybridized carbons (Fsp3) is 0.500. The number of rotatable bonds is 7. The van der Waals surface area contributed by atoms with Crippen LogP contribution in [-0.2, 0) is 0 Å². The number of aromatic carboxylic acids is 1. The van der Waals surface area contributed by atoms with E-state index in [2.05, 4.69) is 0 Å². The molecule has 1 aromatic rings. The molecule has 0 bridgehead atoms. The smallest absolute Gasteiger partial charge is 0.340 e. The number of nitrogen functional groups attached to an aromatic ring is 1. The first kappa shape index (κ1) is 16.2. The third kappa shape index (κ3) is 3.84. The van der Waals surface area contributed by atoms with E-state index in [0.29, 0.717) is 18.8 Å². The number of hydrogen-bond donors (Lipinski definition) is 2. The third-order valence-electron chi connectivity index (χ3n) is 3.04. The minimum Gasteiger partial charge on any atom is -0.478 e. The maximum atomic E-state index is 13.5. The zero-order valence-electron chi connectivity index (χ0n) is 12.2. The van der Waals surface area contributed by atoms with Gasteiger partial charge in [-0.25, -0.2) is 9.18 Å². The van der Waals surface area contributed by atoms with Crippen molar-refractivity contribution < 1.29 is 14.3 Å². The van der Waals surface area contributed by atoms with Crippen molar-refractivity contribution >= 4 is 17.3 Å². The van der Waals surface area contributed by atoms with E-state index in [4.69, 9.17) is 5.73 Å². The van der Waals surface area contributed by atoms with Crippen molar-refractivity contribution in [3.8, 4) is 0 Å². The molecule has 0 aromatic heterocycles. The normalized spacial score (nSPS) is 10.8. The summed E-state index contributed by atoms with van der Waals surface area (Å²) in [6, 6.07) is 2.70. The van der Waals surface area contributed by atoms with E-state index in [9.17, 15) is 14.3 Å². The number of carboxylic acid groups (broad SMARTS) is 1.